The molecular weight excluding hydrogens is 294 g/mol. The normalized spacial score (nSPS) is 11.6. The first-order chi connectivity index (χ1) is 9.85. The van der Waals surface area contributed by atoms with Crippen molar-refractivity contribution in [1.82, 2.24) is 0 Å². The third-order valence-electron chi connectivity index (χ3n) is 2.72. The summed E-state index contributed by atoms with van der Waals surface area (Å²) in [6.07, 6.45) is -3.32. The van der Waals surface area contributed by atoms with Crippen molar-refractivity contribution >= 4 is 0 Å². The molecule has 0 heterocycles. The molecule has 0 fully saturated rings. The van der Waals surface area contributed by atoms with E-state index in [2.05, 4.69) is 0 Å². The van der Waals surface area contributed by atoms with E-state index in [1.807, 2.05) is 0 Å². The fourth-order valence-electron chi connectivity index (χ4n) is 1.63. The Balaban J connectivity index is 3.01. The summed E-state index contributed by atoms with van der Waals surface area (Å²) < 4.78 is 64.8. The van der Waals surface area contributed by atoms with Crippen molar-refractivity contribution in [3.05, 3.63) is 17.7 Å². The van der Waals surface area contributed by atoms with Crippen molar-refractivity contribution in [2.75, 3.05) is 27.4 Å². The molecule has 0 bridgehead atoms. The Morgan fingerprint density at radius 3 is 2.19 bits per heavy atom. The highest BCUT2D eigenvalue weighted by atomic mass is 19.3. The number of rotatable bonds is 8. The van der Waals surface area contributed by atoms with Crippen molar-refractivity contribution in [2.45, 2.75) is 18.8 Å². The van der Waals surface area contributed by atoms with Crippen LogP contribution in [0.1, 0.15) is 5.56 Å². The van der Waals surface area contributed by atoms with Gasteiger partial charge in [-0.25, -0.2) is 8.78 Å². The van der Waals surface area contributed by atoms with Crippen molar-refractivity contribution in [3.63, 3.8) is 0 Å². The predicted molar refractivity (Wildman–Crippen MR) is 68.8 cm³/mol. The van der Waals surface area contributed by atoms with Gasteiger partial charge in [-0.05, 0) is 24.6 Å². The number of benzene rings is 1. The highest BCUT2D eigenvalue weighted by Gasteiger charge is 2.42. The number of alkyl halides is 4. The third kappa shape index (κ3) is 4.38. The van der Waals surface area contributed by atoms with Gasteiger partial charge in [-0.15, -0.1) is 0 Å². The maximum absolute atomic E-state index is 12.9. The van der Waals surface area contributed by atoms with E-state index in [1.165, 1.54) is 26.4 Å². The van der Waals surface area contributed by atoms with E-state index < -0.39 is 19.0 Å². The molecule has 1 aromatic carbocycles. The van der Waals surface area contributed by atoms with Gasteiger partial charge in [-0.3, -0.25) is 0 Å². The zero-order chi connectivity index (χ0) is 16.0. The van der Waals surface area contributed by atoms with E-state index in [1.54, 1.807) is 0 Å². The summed E-state index contributed by atoms with van der Waals surface area (Å²) in [5, 5.41) is 0. The minimum atomic E-state index is -4.24. The van der Waals surface area contributed by atoms with Crippen molar-refractivity contribution in [1.29, 1.82) is 0 Å². The van der Waals surface area contributed by atoms with Crippen LogP contribution in [0.3, 0.4) is 0 Å². The molecule has 0 spiro atoms. The van der Waals surface area contributed by atoms with E-state index in [-0.39, 0.29) is 11.5 Å². The van der Waals surface area contributed by atoms with Gasteiger partial charge in [0.2, 0.25) is 0 Å². The molecule has 0 saturated carbocycles. The highest BCUT2D eigenvalue weighted by Crippen LogP contribution is 2.36. The van der Waals surface area contributed by atoms with E-state index in [9.17, 15) is 17.6 Å². The monoisotopic (exact) mass is 311 g/mol. The fourth-order valence-corrected chi connectivity index (χ4v) is 1.63. The Morgan fingerprint density at radius 1 is 1.10 bits per heavy atom. The van der Waals surface area contributed by atoms with Crippen molar-refractivity contribution in [2.24, 2.45) is 5.73 Å². The van der Waals surface area contributed by atoms with Gasteiger partial charge in [0.1, 0.15) is 5.75 Å². The summed E-state index contributed by atoms with van der Waals surface area (Å²) in [5.41, 5.74) is 6.15. The van der Waals surface area contributed by atoms with Crippen LogP contribution in [0.4, 0.5) is 17.6 Å². The average Bonchev–Trinajstić information content (AvgIpc) is 2.45. The third-order valence-corrected chi connectivity index (χ3v) is 2.72. The van der Waals surface area contributed by atoms with E-state index in [0.29, 0.717) is 24.3 Å². The van der Waals surface area contributed by atoms with E-state index >= 15 is 0 Å². The van der Waals surface area contributed by atoms with Crippen LogP contribution in [0.2, 0.25) is 0 Å². The molecule has 0 radical (unpaired) electrons. The molecule has 2 N–H and O–H groups in total. The molecule has 1 rings (SSSR count). The second kappa shape index (κ2) is 7.35. The number of nitrogens with two attached hydrogens (primary N) is 1. The summed E-state index contributed by atoms with van der Waals surface area (Å²) in [6.45, 7) is -1.11. The van der Waals surface area contributed by atoms with Crippen LogP contribution in [0.5, 0.6) is 17.2 Å². The Labute approximate surface area is 119 Å². The van der Waals surface area contributed by atoms with Crippen LogP contribution >= 0.6 is 0 Å². The average molecular weight is 311 g/mol. The summed E-state index contributed by atoms with van der Waals surface area (Å²) >= 11 is 0. The van der Waals surface area contributed by atoms with Gasteiger partial charge in [0.05, 0.1) is 14.2 Å². The summed E-state index contributed by atoms with van der Waals surface area (Å²) in [6, 6.07) is 2.83. The van der Waals surface area contributed by atoms with Gasteiger partial charge < -0.3 is 19.9 Å². The number of ether oxygens (including phenoxy) is 3. The smallest absolute Gasteiger partial charge is 0.340 e. The molecule has 0 amide bonds. The molecule has 8 heteroatoms. The maximum Gasteiger partial charge on any atom is 0.340 e. The molecule has 0 aromatic heterocycles. The molecule has 4 nitrogen and oxygen atoms in total. The van der Waals surface area contributed by atoms with Crippen LogP contribution in [0, 0.1) is 0 Å². The molecule has 21 heavy (non-hydrogen) atoms. The first-order valence-electron chi connectivity index (χ1n) is 6.09. The summed E-state index contributed by atoms with van der Waals surface area (Å²) in [4.78, 5) is 0. The Kier molecular flexibility index (Phi) is 6.07. The van der Waals surface area contributed by atoms with Crippen molar-refractivity contribution < 1.29 is 31.8 Å². The zero-order valence-corrected chi connectivity index (χ0v) is 11.7. The molecule has 0 unspecified atom stereocenters. The van der Waals surface area contributed by atoms with E-state index in [4.69, 9.17) is 19.9 Å². The summed E-state index contributed by atoms with van der Waals surface area (Å²) in [7, 11) is 2.70. The standard InChI is InChI=1S/C13H17F4NO3/c1-19-9-6-11(21-7-13(16,17)12(14)15)10(20-2)5-8(9)3-4-18/h5-6,12H,3-4,7,18H2,1-2H3. The lowest BCUT2D eigenvalue weighted by molar-refractivity contribution is -0.148. The summed E-state index contributed by atoms with van der Waals surface area (Å²) in [5.74, 6) is -3.84. The van der Waals surface area contributed by atoms with Gasteiger partial charge in [0.25, 0.3) is 0 Å². The van der Waals surface area contributed by atoms with Gasteiger partial charge in [0.15, 0.2) is 18.1 Å². The Morgan fingerprint density at radius 2 is 1.71 bits per heavy atom. The molecular formula is C13H17F4NO3. The maximum atomic E-state index is 12.9. The minimum Gasteiger partial charge on any atom is -0.496 e. The first-order valence-corrected chi connectivity index (χ1v) is 6.09. The number of hydrogen-bond donors (Lipinski definition) is 1. The number of methoxy groups -OCH3 is 2. The first kappa shape index (κ1) is 17.4. The lowest BCUT2D eigenvalue weighted by atomic mass is 10.1. The van der Waals surface area contributed by atoms with Crippen LogP contribution in [0.15, 0.2) is 12.1 Å². The molecule has 1 aromatic rings. The van der Waals surface area contributed by atoms with Gasteiger partial charge in [-0.1, -0.05) is 0 Å². The molecule has 0 atom stereocenters. The van der Waals surface area contributed by atoms with Gasteiger partial charge in [0, 0.05) is 6.07 Å². The van der Waals surface area contributed by atoms with Crippen LogP contribution < -0.4 is 19.9 Å². The van der Waals surface area contributed by atoms with Crippen LogP contribution in [-0.4, -0.2) is 39.7 Å². The Hall–Kier alpha value is -1.70. The second-order valence-corrected chi connectivity index (χ2v) is 4.20. The molecule has 0 aliphatic carbocycles. The lowest BCUT2D eigenvalue weighted by Crippen LogP contribution is -2.33. The number of halogens is 4. The van der Waals surface area contributed by atoms with Crippen LogP contribution in [0.25, 0.3) is 0 Å². The van der Waals surface area contributed by atoms with Gasteiger partial charge >= 0.3 is 12.3 Å². The Bertz CT molecular complexity index is 469. The molecule has 0 aliphatic heterocycles. The van der Waals surface area contributed by atoms with E-state index in [0.717, 1.165) is 0 Å². The van der Waals surface area contributed by atoms with Gasteiger partial charge in [-0.2, -0.15) is 8.78 Å². The SMILES string of the molecule is COc1cc(OCC(F)(F)C(F)F)c(OC)cc1CCN. The minimum absolute atomic E-state index is 0.101. The fraction of sp³-hybridized carbons (Fsp3) is 0.538. The topological polar surface area (TPSA) is 53.7 Å². The zero-order valence-electron chi connectivity index (χ0n) is 11.7. The second-order valence-electron chi connectivity index (χ2n) is 4.20. The molecule has 120 valence electrons. The van der Waals surface area contributed by atoms with Crippen molar-refractivity contribution in [3.8, 4) is 17.2 Å². The molecule has 0 saturated heterocycles. The molecule has 0 aliphatic rings. The highest BCUT2D eigenvalue weighted by molar-refractivity contribution is 5.50. The lowest BCUT2D eigenvalue weighted by Gasteiger charge is -2.19. The predicted octanol–water partition coefficient (Wildman–Crippen LogP) is 2.48. The quantitative estimate of drug-likeness (QED) is 0.750. The van der Waals surface area contributed by atoms with Crippen LogP contribution in [-0.2, 0) is 6.42 Å². The largest absolute Gasteiger partial charge is 0.496 e. The number of hydrogen-bond acceptors (Lipinski definition) is 4.